The van der Waals surface area contributed by atoms with Crippen LogP contribution in [-0.2, 0) is 11.3 Å². The number of methoxy groups -OCH3 is 2. The van der Waals surface area contributed by atoms with E-state index in [0.717, 1.165) is 5.56 Å². The van der Waals surface area contributed by atoms with Gasteiger partial charge in [-0.2, -0.15) is 0 Å². The molecule has 0 atom stereocenters. The van der Waals surface area contributed by atoms with Crippen molar-refractivity contribution in [2.75, 3.05) is 20.8 Å². The maximum absolute atomic E-state index is 12.8. The van der Waals surface area contributed by atoms with Crippen molar-refractivity contribution in [2.45, 2.75) is 6.54 Å². The van der Waals surface area contributed by atoms with Crippen molar-refractivity contribution in [1.82, 2.24) is 5.32 Å². The summed E-state index contributed by atoms with van der Waals surface area (Å²) in [6.07, 6.45) is 0. The van der Waals surface area contributed by atoms with Gasteiger partial charge in [0.15, 0.2) is 6.61 Å². The van der Waals surface area contributed by atoms with Gasteiger partial charge in [-0.25, -0.2) is 4.39 Å². The number of carbonyl (C=O) groups excluding carboxylic acids is 1. The number of rotatable bonds is 7. The average molecular weight is 319 g/mol. The van der Waals surface area contributed by atoms with Crippen LogP contribution in [0.15, 0.2) is 42.5 Å². The third kappa shape index (κ3) is 4.88. The second kappa shape index (κ2) is 8.03. The van der Waals surface area contributed by atoms with E-state index in [4.69, 9.17) is 14.2 Å². The molecule has 2 rings (SSSR count). The molecule has 0 unspecified atom stereocenters. The van der Waals surface area contributed by atoms with Crippen molar-refractivity contribution in [3.8, 4) is 17.2 Å². The number of carbonyl (C=O) groups is 1. The summed E-state index contributed by atoms with van der Waals surface area (Å²) in [5.74, 6) is 1.10. The molecule has 6 heteroatoms. The van der Waals surface area contributed by atoms with E-state index in [2.05, 4.69) is 5.32 Å². The van der Waals surface area contributed by atoms with Gasteiger partial charge in [-0.15, -0.1) is 0 Å². The molecule has 23 heavy (non-hydrogen) atoms. The van der Waals surface area contributed by atoms with Crippen LogP contribution in [0.25, 0.3) is 0 Å². The van der Waals surface area contributed by atoms with Crippen molar-refractivity contribution < 1.29 is 23.4 Å². The molecule has 0 spiro atoms. The summed E-state index contributed by atoms with van der Waals surface area (Å²) >= 11 is 0. The van der Waals surface area contributed by atoms with E-state index in [1.54, 1.807) is 26.4 Å². The predicted molar refractivity (Wildman–Crippen MR) is 83.3 cm³/mol. The van der Waals surface area contributed by atoms with E-state index in [9.17, 15) is 9.18 Å². The minimum absolute atomic E-state index is 0.149. The van der Waals surface area contributed by atoms with Crippen LogP contribution >= 0.6 is 0 Å². The molecule has 0 saturated carbocycles. The summed E-state index contributed by atoms with van der Waals surface area (Å²) < 4.78 is 28.4. The summed E-state index contributed by atoms with van der Waals surface area (Å²) in [6, 6.07) is 10.8. The fourth-order valence-electron chi connectivity index (χ4n) is 1.92. The third-order valence-electron chi connectivity index (χ3n) is 3.15. The Bertz CT molecular complexity index is 658. The molecule has 1 N–H and O–H groups in total. The summed E-state index contributed by atoms with van der Waals surface area (Å²) in [7, 11) is 3.13. The lowest BCUT2D eigenvalue weighted by atomic mass is 10.2. The summed E-state index contributed by atoms with van der Waals surface area (Å²) in [5, 5.41) is 2.73. The smallest absolute Gasteiger partial charge is 0.258 e. The summed E-state index contributed by atoms with van der Waals surface area (Å²) in [5.41, 5.74) is 0.823. The number of nitrogens with one attached hydrogen (secondary N) is 1. The van der Waals surface area contributed by atoms with Crippen LogP contribution in [0.1, 0.15) is 5.56 Å². The van der Waals surface area contributed by atoms with Crippen LogP contribution in [0.3, 0.4) is 0 Å². The van der Waals surface area contributed by atoms with Gasteiger partial charge >= 0.3 is 0 Å². The lowest BCUT2D eigenvalue weighted by Crippen LogP contribution is -2.28. The van der Waals surface area contributed by atoms with Crippen LogP contribution in [0, 0.1) is 5.82 Å². The Kier molecular flexibility index (Phi) is 5.80. The average Bonchev–Trinajstić information content (AvgIpc) is 2.59. The maximum atomic E-state index is 12.8. The SMILES string of the molecule is COc1ccc(CNC(=O)COc2ccc(F)cc2)c(OC)c1. The first-order chi connectivity index (χ1) is 11.1. The molecule has 2 aromatic carbocycles. The van der Waals surface area contributed by atoms with E-state index in [1.165, 1.54) is 24.3 Å². The molecule has 0 aliphatic heterocycles. The zero-order valence-corrected chi connectivity index (χ0v) is 13.0. The molecule has 0 heterocycles. The normalized spacial score (nSPS) is 10.0. The predicted octanol–water partition coefficient (Wildman–Crippen LogP) is 2.54. The number of benzene rings is 2. The monoisotopic (exact) mass is 319 g/mol. The Labute approximate surface area is 134 Å². The van der Waals surface area contributed by atoms with Crippen LogP contribution in [0.2, 0.25) is 0 Å². The quantitative estimate of drug-likeness (QED) is 0.852. The molecule has 0 aliphatic rings. The Morgan fingerprint density at radius 1 is 1.04 bits per heavy atom. The number of hydrogen-bond donors (Lipinski definition) is 1. The van der Waals surface area contributed by atoms with E-state index in [1.807, 2.05) is 6.07 Å². The zero-order chi connectivity index (χ0) is 16.7. The van der Waals surface area contributed by atoms with Crippen molar-refractivity contribution in [3.05, 3.63) is 53.8 Å². The highest BCUT2D eigenvalue weighted by Crippen LogP contribution is 2.24. The van der Waals surface area contributed by atoms with Gasteiger partial charge in [-0.1, -0.05) is 0 Å². The number of halogens is 1. The van der Waals surface area contributed by atoms with Gasteiger partial charge in [0.25, 0.3) is 5.91 Å². The molecule has 5 nitrogen and oxygen atoms in total. The van der Waals surface area contributed by atoms with Crippen molar-refractivity contribution in [2.24, 2.45) is 0 Å². The van der Waals surface area contributed by atoms with E-state index >= 15 is 0 Å². The Morgan fingerprint density at radius 2 is 1.74 bits per heavy atom. The molecule has 122 valence electrons. The van der Waals surface area contributed by atoms with Gasteiger partial charge in [0, 0.05) is 18.2 Å². The third-order valence-corrected chi connectivity index (χ3v) is 3.15. The highest BCUT2D eigenvalue weighted by atomic mass is 19.1. The molecular formula is C17H18FNO4. The van der Waals surface area contributed by atoms with Crippen LogP contribution in [0.5, 0.6) is 17.2 Å². The van der Waals surface area contributed by atoms with Gasteiger partial charge in [-0.05, 0) is 36.4 Å². The topological polar surface area (TPSA) is 56.8 Å². The molecule has 0 bridgehead atoms. The first-order valence-corrected chi connectivity index (χ1v) is 6.98. The van der Waals surface area contributed by atoms with Gasteiger partial charge < -0.3 is 19.5 Å². The summed E-state index contributed by atoms with van der Waals surface area (Å²) in [6.45, 7) is 0.156. The number of ether oxygens (including phenoxy) is 3. The molecule has 0 saturated heterocycles. The number of hydrogen-bond acceptors (Lipinski definition) is 4. The van der Waals surface area contributed by atoms with Gasteiger partial charge in [0.05, 0.1) is 14.2 Å². The molecule has 0 radical (unpaired) electrons. The lowest BCUT2D eigenvalue weighted by Gasteiger charge is -2.11. The van der Waals surface area contributed by atoms with Crippen molar-refractivity contribution in [1.29, 1.82) is 0 Å². The Balaban J connectivity index is 1.85. The molecule has 0 aromatic heterocycles. The first-order valence-electron chi connectivity index (χ1n) is 6.98. The van der Waals surface area contributed by atoms with Gasteiger partial charge in [-0.3, -0.25) is 4.79 Å². The van der Waals surface area contributed by atoms with E-state index in [-0.39, 0.29) is 18.3 Å². The first kappa shape index (κ1) is 16.6. The van der Waals surface area contributed by atoms with Gasteiger partial charge in [0.1, 0.15) is 23.1 Å². The second-order valence-corrected chi connectivity index (χ2v) is 4.70. The zero-order valence-electron chi connectivity index (χ0n) is 13.0. The van der Waals surface area contributed by atoms with Crippen LogP contribution < -0.4 is 19.5 Å². The molecule has 0 aliphatic carbocycles. The summed E-state index contributed by atoms with van der Waals surface area (Å²) in [4.78, 5) is 11.8. The maximum Gasteiger partial charge on any atom is 0.258 e. The molecule has 1 amide bonds. The highest BCUT2D eigenvalue weighted by molar-refractivity contribution is 5.77. The van der Waals surface area contributed by atoms with Crippen LogP contribution in [-0.4, -0.2) is 26.7 Å². The Morgan fingerprint density at radius 3 is 2.39 bits per heavy atom. The van der Waals surface area contributed by atoms with E-state index < -0.39 is 0 Å². The fourth-order valence-corrected chi connectivity index (χ4v) is 1.92. The number of amides is 1. The fraction of sp³-hybridized carbons (Fsp3) is 0.235. The van der Waals surface area contributed by atoms with Crippen molar-refractivity contribution in [3.63, 3.8) is 0 Å². The minimum atomic E-state index is -0.353. The highest BCUT2D eigenvalue weighted by Gasteiger charge is 2.08. The molecule has 0 fully saturated rings. The Hall–Kier alpha value is -2.76. The van der Waals surface area contributed by atoms with Crippen LogP contribution in [0.4, 0.5) is 4.39 Å². The largest absolute Gasteiger partial charge is 0.497 e. The lowest BCUT2D eigenvalue weighted by molar-refractivity contribution is -0.123. The van der Waals surface area contributed by atoms with Gasteiger partial charge in [0.2, 0.25) is 0 Å². The van der Waals surface area contributed by atoms with E-state index in [0.29, 0.717) is 23.8 Å². The standard InChI is InChI=1S/C17H18FNO4/c1-21-15-6-3-12(16(9-15)22-2)10-19-17(20)11-23-14-7-4-13(18)5-8-14/h3-9H,10-11H2,1-2H3,(H,19,20). The second-order valence-electron chi connectivity index (χ2n) is 4.70. The molecular weight excluding hydrogens is 301 g/mol. The van der Waals surface area contributed by atoms with Crippen molar-refractivity contribution >= 4 is 5.91 Å². The molecule has 2 aromatic rings. The minimum Gasteiger partial charge on any atom is -0.497 e.